The van der Waals surface area contributed by atoms with Gasteiger partial charge in [0.2, 0.25) is 0 Å². The SMILES string of the molecule is COC(=O)C1=CCC23CCC(C(C)(/C=C/C=C(\C)C(=O)[O-])OC2=O)C3(C(C)=O)CC1.[NH4+]. The smallest absolute Gasteiger partial charge is 0.333 e. The number of hydrogen-bond acceptors (Lipinski definition) is 7. The van der Waals surface area contributed by atoms with Gasteiger partial charge >= 0.3 is 11.9 Å². The van der Waals surface area contributed by atoms with Crippen LogP contribution in [-0.2, 0) is 28.7 Å². The van der Waals surface area contributed by atoms with Crippen LogP contribution in [-0.4, -0.2) is 36.4 Å². The Bertz CT molecular complexity index is 902. The number of Topliss-reactive ketones (excluding diaryl/α,β-unsaturated/α-hetero) is 1. The number of methoxy groups -OCH3 is 1. The number of ketones is 1. The first kappa shape index (κ1) is 24.5. The normalized spacial score (nSPS) is 34.7. The summed E-state index contributed by atoms with van der Waals surface area (Å²) in [6.07, 6.45) is 8.39. The minimum absolute atomic E-state index is 0. The molecule has 8 heteroatoms. The van der Waals surface area contributed by atoms with Crippen molar-refractivity contribution in [3.8, 4) is 0 Å². The molecule has 4 atom stereocenters. The van der Waals surface area contributed by atoms with Crippen molar-refractivity contribution in [2.75, 3.05) is 7.11 Å². The first-order chi connectivity index (χ1) is 14.0. The van der Waals surface area contributed by atoms with E-state index in [1.165, 1.54) is 33.1 Å². The minimum Gasteiger partial charge on any atom is -0.545 e. The number of aliphatic carboxylic acids is 1. The second-order valence-electron chi connectivity index (χ2n) is 8.70. The van der Waals surface area contributed by atoms with Gasteiger partial charge in [0.15, 0.2) is 0 Å². The van der Waals surface area contributed by atoms with Gasteiger partial charge in [0.25, 0.3) is 0 Å². The predicted octanol–water partition coefficient (Wildman–Crippen LogP) is 2.19. The summed E-state index contributed by atoms with van der Waals surface area (Å²) in [5.74, 6) is -2.53. The zero-order chi connectivity index (χ0) is 22.3. The van der Waals surface area contributed by atoms with Gasteiger partial charge in [-0.25, -0.2) is 4.79 Å². The third kappa shape index (κ3) is 3.52. The molecule has 1 saturated carbocycles. The Morgan fingerprint density at radius 1 is 1.26 bits per heavy atom. The van der Waals surface area contributed by atoms with Crippen LogP contribution in [0.2, 0.25) is 0 Å². The van der Waals surface area contributed by atoms with Gasteiger partial charge in [0, 0.05) is 11.5 Å². The molecule has 1 heterocycles. The molecule has 170 valence electrons. The van der Waals surface area contributed by atoms with E-state index in [9.17, 15) is 24.3 Å². The lowest BCUT2D eigenvalue weighted by molar-refractivity contribution is -0.299. The van der Waals surface area contributed by atoms with Crippen molar-refractivity contribution in [2.45, 2.75) is 58.5 Å². The maximum absolute atomic E-state index is 13.4. The molecule has 0 spiro atoms. The first-order valence-corrected chi connectivity index (χ1v) is 10.1. The van der Waals surface area contributed by atoms with E-state index in [0.717, 1.165) is 0 Å². The zero-order valence-electron chi connectivity index (χ0n) is 18.8. The van der Waals surface area contributed by atoms with Gasteiger partial charge in [-0.05, 0) is 64.5 Å². The van der Waals surface area contributed by atoms with Crippen LogP contribution >= 0.6 is 0 Å². The lowest BCUT2D eigenvalue weighted by Gasteiger charge is -2.54. The van der Waals surface area contributed by atoms with Gasteiger partial charge in [0.1, 0.15) is 11.4 Å². The lowest BCUT2D eigenvalue weighted by atomic mass is 9.53. The maximum atomic E-state index is 13.4. The monoisotopic (exact) mass is 433 g/mol. The average Bonchev–Trinajstić information content (AvgIpc) is 2.86. The third-order valence-electron chi connectivity index (χ3n) is 7.36. The van der Waals surface area contributed by atoms with E-state index < -0.39 is 34.3 Å². The van der Waals surface area contributed by atoms with Crippen molar-refractivity contribution in [1.82, 2.24) is 6.15 Å². The van der Waals surface area contributed by atoms with Gasteiger partial charge in [-0.1, -0.05) is 18.2 Å². The summed E-state index contributed by atoms with van der Waals surface area (Å²) >= 11 is 0. The standard InChI is InChI=1S/C23H28O7.H3N/c1-14(18(25)26)6-5-10-21(3)17-9-12-22(20(28)30-21)11-7-16(19(27)29-4)8-13-23(17,22)15(2)24;/h5-7,10,17H,8-9,11-13H2,1-4H3,(H,25,26);1H3/b10-5+,14-6+;. The Hall–Kier alpha value is -2.74. The predicted molar refractivity (Wildman–Crippen MR) is 111 cm³/mol. The fourth-order valence-corrected chi connectivity index (χ4v) is 5.81. The molecule has 4 N–H and O–H groups in total. The number of carbonyl (C=O) groups is 4. The second-order valence-corrected chi connectivity index (χ2v) is 8.70. The summed E-state index contributed by atoms with van der Waals surface area (Å²) in [5, 5.41) is 10.9. The Kier molecular flexibility index (Phi) is 6.66. The van der Waals surface area contributed by atoms with E-state index in [0.29, 0.717) is 31.3 Å². The molecule has 31 heavy (non-hydrogen) atoms. The first-order valence-electron chi connectivity index (χ1n) is 10.1. The van der Waals surface area contributed by atoms with Gasteiger partial charge < -0.3 is 25.5 Å². The number of carboxylic acids is 1. The molecule has 0 aromatic heterocycles. The number of rotatable bonds is 5. The van der Waals surface area contributed by atoms with Crippen LogP contribution in [0.1, 0.15) is 52.9 Å². The highest BCUT2D eigenvalue weighted by Gasteiger charge is 2.74. The molecular weight excluding hydrogens is 402 g/mol. The molecule has 2 bridgehead atoms. The Balaban J connectivity index is 0.00000341. The summed E-state index contributed by atoms with van der Waals surface area (Å²) in [6, 6.07) is 0. The highest BCUT2D eigenvalue weighted by atomic mass is 16.6. The van der Waals surface area contributed by atoms with E-state index in [-0.39, 0.29) is 29.8 Å². The molecule has 4 unspecified atom stereocenters. The van der Waals surface area contributed by atoms with Crippen molar-refractivity contribution >= 4 is 23.7 Å². The molecule has 3 aliphatic rings. The number of cyclic esters (lactones) is 1. The molecule has 0 amide bonds. The number of allylic oxidation sites excluding steroid dienone is 3. The number of ether oxygens (including phenoxy) is 2. The third-order valence-corrected chi connectivity index (χ3v) is 7.36. The Morgan fingerprint density at radius 3 is 2.52 bits per heavy atom. The number of carbonyl (C=O) groups excluding carboxylic acids is 4. The quantitative estimate of drug-likeness (QED) is 0.397. The van der Waals surface area contributed by atoms with Crippen molar-refractivity contribution in [3.63, 3.8) is 0 Å². The van der Waals surface area contributed by atoms with Gasteiger partial charge in [-0.3, -0.25) is 9.59 Å². The van der Waals surface area contributed by atoms with Crippen molar-refractivity contribution < 1.29 is 33.8 Å². The highest BCUT2D eigenvalue weighted by molar-refractivity contribution is 5.95. The van der Waals surface area contributed by atoms with Crippen LogP contribution in [0.25, 0.3) is 0 Å². The van der Waals surface area contributed by atoms with Crippen molar-refractivity contribution in [1.29, 1.82) is 0 Å². The van der Waals surface area contributed by atoms with Crippen LogP contribution in [0.5, 0.6) is 0 Å². The van der Waals surface area contributed by atoms with Crippen LogP contribution < -0.4 is 11.3 Å². The molecule has 0 aromatic carbocycles. The number of hydrogen-bond donors (Lipinski definition) is 1. The fourth-order valence-electron chi connectivity index (χ4n) is 5.81. The number of esters is 2. The number of quaternary nitrogens is 1. The lowest BCUT2D eigenvalue weighted by Crippen LogP contribution is -2.62. The van der Waals surface area contributed by atoms with Gasteiger partial charge in [-0.15, -0.1) is 0 Å². The summed E-state index contributed by atoms with van der Waals surface area (Å²) < 4.78 is 10.8. The van der Waals surface area contributed by atoms with Crippen LogP contribution in [0.15, 0.2) is 35.5 Å². The Morgan fingerprint density at radius 2 is 1.94 bits per heavy atom. The molecule has 0 radical (unpaired) electrons. The summed E-state index contributed by atoms with van der Waals surface area (Å²) in [4.78, 5) is 49.5. The molecule has 2 fully saturated rings. The largest absolute Gasteiger partial charge is 0.545 e. The zero-order valence-corrected chi connectivity index (χ0v) is 18.8. The molecule has 1 saturated heterocycles. The molecular formula is C23H31NO7. The fraction of sp³-hybridized carbons (Fsp3) is 0.565. The Labute approximate surface area is 181 Å². The molecule has 3 rings (SSSR count). The summed E-state index contributed by atoms with van der Waals surface area (Å²) in [5.41, 5.74) is -2.50. The maximum Gasteiger partial charge on any atom is 0.333 e. The van der Waals surface area contributed by atoms with E-state index in [4.69, 9.17) is 9.47 Å². The molecule has 0 aromatic rings. The minimum atomic E-state index is -1.28. The van der Waals surface area contributed by atoms with Crippen LogP contribution in [0, 0.1) is 16.7 Å². The van der Waals surface area contributed by atoms with Crippen molar-refractivity contribution in [2.24, 2.45) is 16.7 Å². The summed E-state index contributed by atoms with van der Waals surface area (Å²) in [6.45, 7) is 4.69. The molecule has 2 aliphatic carbocycles. The van der Waals surface area contributed by atoms with E-state index in [1.807, 2.05) is 0 Å². The topological polar surface area (TPSA) is 146 Å². The highest BCUT2D eigenvalue weighted by Crippen LogP contribution is 2.69. The van der Waals surface area contributed by atoms with E-state index in [2.05, 4.69) is 0 Å². The van der Waals surface area contributed by atoms with Crippen LogP contribution in [0.4, 0.5) is 0 Å². The molecule has 8 nitrogen and oxygen atoms in total. The average molecular weight is 434 g/mol. The molecule has 1 aliphatic heterocycles. The van der Waals surface area contributed by atoms with E-state index >= 15 is 0 Å². The van der Waals surface area contributed by atoms with E-state index in [1.54, 1.807) is 19.1 Å². The van der Waals surface area contributed by atoms with Crippen LogP contribution in [0.3, 0.4) is 0 Å². The van der Waals surface area contributed by atoms with Crippen molar-refractivity contribution in [3.05, 3.63) is 35.5 Å². The second kappa shape index (κ2) is 8.42. The summed E-state index contributed by atoms with van der Waals surface area (Å²) in [7, 11) is 1.31. The van der Waals surface area contributed by atoms with Gasteiger partial charge in [0.05, 0.1) is 23.9 Å². The number of carboxylic acid groups (broad SMARTS) is 1. The van der Waals surface area contributed by atoms with Gasteiger partial charge in [-0.2, -0.15) is 0 Å².